The number of rotatable bonds is 12. The number of aliphatic imine (C=N–C) groups is 1. The molecule has 0 saturated carbocycles. The van der Waals surface area contributed by atoms with Crippen LogP contribution in [0.3, 0.4) is 0 Å². The van der Waals surface area contributed by atoms with Crippen LogP contribution in [0.1, 0.15) is 103 Å². The summed E-state index contributed by atoms with van der Waals surface area (Å²) in [7, 11) is 0. The van der Waals surface area contributed by atoms with Gasteiger partial charge in [0.25, 0.3) is 0 Å². The van der Waals surface area contributed by atoms with Gasteiger partial charge in [0.15, 0.2) is 0 Å². The van der Waals surface area contributed by atoms with Crippen molar-refractivity contribution in [3.8, 4) is 0 Å². The Morgan fingerprint density at radius 2 is 1.77 bits per heavy atom. The zero-order valence-electron chi connectivity index (χ0n) is 20.4. The van der Waals surface area contributed by atoms with Gasteiger partial charge in [-0.3, -0.25) is 4.99 Å². The van der Waals surface area contributed by atoms with Gasteiger partial charge in [-0.25, -0.2) is 0 Å². The quantitative estimate of drug-likeness (QED) is 0.251. The Balaban J connectivity index is 2.17. The van der Waals surface area contributed by atoms with Crippen LogP contribution in [-0.4, -0.2) is 29.7 Å². The van der Waals surface area contributed by atoms with Gasteiger partial charge in [0.2, 0.25) is 0 Å². The summed E-state index contributed by atoms with van der Waals surface area (Å²) in [5.74, 6) is 0.942. The second kappa shape index (κ2) is 13.8. The minimum absolute atomic E-state index is 0.642. The van der Waals surface area contributed by atoms with E-state index in [1.165, 1.54) is 80.6 Å². The van der Waals surface area contributed by atoms with Crippen LogP contribution in [0.15, 0.2) is 35.3 Å². The molecule has 0 N–H and O–H groups in total. The molecule has 0 amide bonds. The minimum atomic E-state index is 0.642. The summed E-state index contributed by atoms with van der Waals surface area (Å²) in [5.41, 5.74) is 5.12. The molecule has 2 heteroatoms. The summed E-state index contributed by atoms with van der Waals surface area (Å²) in [4.78, 5) is 7.94. The van der Waals surface area contributed by atoms with E-state index in [9.17, 15) is 0 Å². The van der Waals surface area contributed by atoms with Crippen LogP contribution in [0.5, 0.6) is 0 Å². The molecule has 1 aromatic rings. The highest BCUT2D eigenvalue weighted by atomic mass is 15.2. The molecule has 0 aliphatic carbocycles. The third kappa shape index (κ3) is 8.02. The first kappa shape index (κ1) is 24.9. The molecule has 1 aliphatic heterocycles. The van der Waals surface area contributed by atoms with E-state index in [1.807, 2.05) is 0 Å². The molecule has 1 unspecified atom stereocenters. The Kier molecular flexibility index (Phi) is 11.4. The fourth-order valence-electron chi connectivity index (χ4n) is 4.56. The highest BCUT2D eigenvalue weighted by Gasteiger charge is 2.22. The second-order valence-corrected chi connectivity index (χ2v) is 9.13. The number of unbranched alkanes of at least 4 members (excludes halogenated alkanes) is 2. The predicted octanol–water partition coefficient (Wildman–Crippen LogP) is 8.06. The van der Waals surface area contributed by atoms with E-state index in [0.29, 0.717) is 6.04 Å². The molecular formula is C28H46N2. The smallest absolute Gasteiger partial charge is 0.0662 e. The first-order chi connectivity index (χ1) is 14.6. The molecule has 168 valence electrons. The summed E-state index contributed by atoms with van der Waals surface area (Å²) < 4.78 is 0. The van der Waals surface area contributed by atoms with Gasteiger partial charge in [0.05, 0.1) is 5.70 Å². The molecule has 1 saturated heterocycles. The standard InChI is InChI=1S/C28H46N2/c1-6-10-11-12-26(8-3)29-28(25-15-13-23(5)14-16-25)18-17-27(9-4)30-21-19-24(7-2)20-22-30/h13-16,18,24,27H,6-12,17,19-22H2,1-5H3/b28-18-,29-26?. The molecule has 0 spiro atoms. The van der Waals surface area contributed by atoms with Gasteiger partial charge < -0.3 is 4.90 Å². The van der Waals surface area contributed by atoms with Crippen molar-refractivity contribution in [3.63, 3.8) is 0 Å². The maximum Gasteiger partial charge on any atom is 0.0662 e. The Labute approximate surface area is 186 Å². The topological polar surface area (TPSA) is 15.6 Å². The zero-order valence-corrected chi connectivity index (χ0v) is 20.4. The highest BCUT2D eigenvalue weighted by molar-refractivity contribution is 5.89. The lowest BCUT2D eigenvalue weighted by atomic mass is 9.92. The van der Waals surface area contributed by atoms with Crippen molar-refractivity contribution in [2.24, 2.45) is 10.9 Å². The molecule has 0 radical (unpaired) electrons. The number of hydrogen-bond acceptors (Lipinski definition) is 2. The molecular weight excluding hydrogens is 364 g/mol. The van der Waals surface area contributed by atoms with E-state index in [2.05, 4.69) is 69.9 Å². The number of nitrogens with zero attached hydrogens (tertiary/aromatic N) is 2. The van der Waals surface area contributed by atoms with Crippen molar-refractivity contribution >= 4 is 11.4 Å². The van der Waals surface area contributed by atoms with Gasteiger partial charge in [-0.2, -0.15) is 0 Å². The van der Waals surface area contributed by atoms with Crippen LogP contribution in [-0.2, 0) is 0 Å². The summed E-state index contributed by atoms with van der Waals surface area (Å²) in [6, 6.07) is 9.57. The largest absolute Gasteiger partial charge is 0.300 e. The molecule has 1 aromatic carbocycles. The lowest BCUT2D eigenvalue weighted by molar-refractivity contribution is 0.128. The third-order valence-corrected chi connectivity index (χ3v) is 6.90. The van der Waals surface area contributed by atoms with Crippen molar-refractivity contribution in [2.75, 3.05) is 13.1 Å². The van der Waals surface area contributed by atoms with Gasteiger partial charge >= 0.3 is 0 Å². The Hall–Kier alpha value is -1.41. The van der Waals surface area contributed by atoms with E-state index in [-0.39, 0.29) is 0 Å². The highest BCUT2D eigenvalue weighted by Crippen LogP contribution is 2.25. The number of likely N-dealkylation sites (tertiary alicyclic amines) is 1. The van der Waals surface area contributed by atoms with Gasteiger partial charge in [0.1, 0.15) is 0 Å². The summed E-state index contributed by atoms with van der Waals surface area (Å²) in [6.07, 6.45) is 14.8. The third-order valence-electron chi connectivity index (χ3n) is 6.90. The molecule has 1 aliphatic rings. The van der Waals surface area contributed by atoms with Crippen molar-refractivity contribution < 1.29 is 0 Å². The average molecular weight is 411 g/mol. The van der Waals surface area contributed by atoms with Crippen LogP contribution in [0.2, 0.25) is 0 Å². The number of benzene rings is 1. The summed E-state index contributed by atoms with van der Waals surface area (Å²) >= 11 is 0. The first-order valence-corrected chi connectivity index (χ1v) is 12.7. The Morgan fingerprint density at radius 1 is 1.07 bits per heavy atom. The monoisotopic (exact) mass is 410 g/mol. The molecule has 1 fully saturated rings. The maximum absolute atomic E-state index is 5.20. The van der Waals surface area contributed by atoms with Crippen LogP contribution in [0, 0.1) is 12.8 Å². The first-order valence-electron chi connectivity index (χ1n) is 12.7. The van der Waals surface area contributed by atoms with Crippen molar-refractivity contribution in [3.05, 3.63) is 41.5 Å². The van der Waals surface area contributed by atoms with E-state index < -0.39 is 0 Å². The van der Waals surface area contributed by atoms with E-state index in [1.54, 1.807) is 0 Å². The number of piperidine rings is 1. The second-order valence-electron chi connectivity index (χ2n) is 9.13. The van der Waals surface area contributed by atoms with Crippen molar-refractivity contribution in [2.45, 2.75) is 105 Å². The van der Waals surface area contributed by atoms with Crippen LogP contribution >= 0.6 is 0 Å². The Morgan fingerprint density at radius 3 is 2.33 bits per heavy atom. The van der Waals surface area contributed by atoms with Gasteiger partial charge in [-0.15, -0.1) is 0 Å². The van der Waals surface area contributed by atoms with Crippen LogP contribution in [0.4, 0.5) is 0 Å². The predicted molar refractivity (Wildman–Crippen MR) is 134 cm³/mol. The summed E-state index contributed by atoms with van der Waals surface area (Å²) in [5, 5.41) is 0. The molecule has 0 aromatic heterocycles. The summed E-state index contributed by atoms with van der Waals surface area (Å²) in [6.45, 7) is 13.9. The lowest BCUT2D eigenvalue weighted by Crippen LogP contribution is -2.40. The average Bonchev–Trinajstić information content (AvgIpc) is 2.78. The van der Waals surface area contributed by atoms with E-state index in [0.717, 1.165) is 25.2 Å². The SMILES string of the molecule is CCCCCC(CC)=N/C(=C\CC(CC)N1CCC(CC)CC1)c1ccc(C)cc1. The molecule has 0 bridgehead atoms. The maximum atomic E-state index is 5.20. The van der Waals surface area contributed by atoms with Crippen molar-refractivity contribution in [1.82, 2.24) is 4.90 Å². The molecule has 2 rings (SSSR count). The fourth-order valence-corrected chi connectivity index (χ4v) is 4.56. The molecule has 2 nitrogen and oxygen atoms in total. The zero-order chi connectivity index (χ0) is 21.8. The molecule has 1 heterocycles. The lowest BCUT2D eigenvalue weighted by Gasteiger charge is -2.36. The van der Waals surface area contributed by atoms with Gasteiger partial charge in [-0.05, 0) is 76.4 Å². The van der Waals surface area contributed by atoms with Gasteiger partial charge in [0, 0.05) is 11.8 Å². The van der Waals surface area contributed by atoms with Crippen molar-refractivity contribution in [1.29, 1.82) is 0 Å². The van der Waals surface area contributed by atoms with Gasteiger partial charge in [-0.1, -0.05) is 82.9 Å². The fraction of sp³-hybridized carbons (Fsp3) is 0.679. The van der Waals surface area contributed by atoms with Crippen LogP contribution < -0.4 is 0 Å². The molecule has 1 atom stereocenters. The van der Waals surface area contributed by atoms with E-state index in [4.69, 9.17) is 4.99 Å². The number of hydrogen-bond donors (Lipinski definition) is 0. The normalized spacial score (nSPS) is 18.0. The number of aryl methyl sites for hydroxylation is 1. The minimum Gasteiger partial charge on any atom is -0.300 e. The Bertz CT molecular complexity index is 648. The van der Waals surface area contributed by atoms with E-state index >= 15 is 0 Å². The van der Waals surface area contributed by atoms with Crippen LogP contribution in [0.25, 0.3) is 5.70 Å². The molecule has 30 heavy (non-hydrogen) atoms.